The lowest BCUT2D eigenvalue weighted by molar-refractivity contribution is -0.133. The molecule has 8 atom stereocenters. The van der Waals surface area contributed by atoms with Crippen LogP contribution in [0.15, 0.2) is 9.79 Å². The van der Waals surface area contributed by atoms with Gasteiger partial charge in [-0.25, -0.2) is 0 Å². The van der Waals surface area contributed by atoms with Gasteiger partial charge >= 0.3 is 0 Å². The number of quaternary nitrogens is 1. The summed E-state index contributed by atoms with van der Waals surface area (Å²) in [5.41, 5.74) is -0.720. The van der Waals surface area contributed by atoms with Crippen molar-refractivity contribution < 1.29 is 35.0 Å². The number of aliphatic imine (C=N–C) groups is 1. The van der Waals surface area contributed by atoms with E-state index in [4.69, 9.17) is 21.1 Å². The van der Waals surface area contributed by atoms with Gasteiger partial charge in [-0.2, -0.15) is 14.5 Å². The molecule has 0 amide bonds. The number of aliphatic hydroxyl groups is 5. The fourth-order valence-corrected chi connectivity index (χ4v) is 4.13. The van der Waals surface area contributed by atoms with Crippen LogP contribution in [-0.4, -0.2) is 98.0 Å². The Morgan fingerprint density at radius 1 is 1.18 bits per heavy atom. The lowest BCUT2D eigenvalue weighted by Gasteiger charge is -2.39. The van der Waals surface area contributed by atoms with Crippen molar-refractivity contribution in [2.24, 2.45) is 4.99 Å². The molecule has 154 valence electrons. The van der Waals surface area contributed by atoms with Gasteiger partial charge in [0.05, 0.1) is 25.7 Å². The molecule has 0 radical (unpaired) electrons. The van der Waals surface area contributed by atoms with Crippen molar-refractivity contribution in [2.45, 2.75) is 49.4 Å². The maximum Gasteiger partial charge on any atom is 0.284 e. The van der Waals surface area contributed by atoms with Crippen molar-refractivity contribution in [3.63, 3.8) is 0 Å². The Hall–Kier alpha value is -1.48. The van der Waals surface area contributed by atoms with Gasteiger partial charge in [-0.15, -0.1) is 0 Å². The predicted octanol–water partition coefficient (Wildman–Crippen LogP) is -2.69. The van der Waals surface area contributed by atoms with Crippen LogP contribution in [0.2, 0.25) is 5.28 Å². The minimum atomic E-state index is -1.50. The maximum absolute atomic E-state index is 12.3. The maximum atomic E-state index is 12.3. The number of aromatic amines is 1. The van der Waals surface area contributed by atoms with Gasteiger partial charge in [0.25, 0.3) is 11.4 Å². The first-order valence-corrected chi connectivity index (χ1v) is 9.01. The topological polar surface area (TPSA) is 178 Å². The van der Waals surface area contributed by atoms with Crippen molar-refractivity contribution >= 4 is 29.4 Å². The summed E-state index contributed by atoms with van der Waals surface area (Å²) < 4.78 is 10.9. The molecule has 2 fully saturated rings. The summed E-state index contributed by atoms with van der Waals surface area (Å²) in [4.78, 5) is 22.8. The molecule has 13 heteroatoms. The molecule has 0 saturated carbocycles. The normalized spacial score (nSPS) is 42.3. The molecule has 0 bridgehead atoms. The number of H-pyrrole nitrogens is 1. The Labute approximate surface area is 162 Å². The van der Waals surface area contributed by atoms with Crippen molar-refractivity contribution in [3.8, 4) is 0 Å². The largest absolute Gasteiger partial charge is 0.394 e. The second-order valence-electron chi connectivity index (χ2n) is 6.95. The molecule has 0 aliphatic carbocycles. The summed E-state index contributed by atoms with van der Waals surface area (Å²) in [6, 6.07) is 0. The molecule has 3 aliphatic heterocycles. The van der Waals surface area contributed by atoms with Crippen LogP contribution in [0.25, 0.3) is 0 Å². The molecule has 0 aromatic carbocycles. The second-order valence-corrected chi connectivity index (χ2v) is 7.31. The number of nitrogens with one attached hydrogen (secondary N) is 1. The lowest BCUT2D eigenvalue weighted by Crippen LogP contribution is -2.65. The first-order valence-electron chi connectivity index (χ1n) is 8.64. The zero-order chi connectivity index (χ0) is 20.2. The number of halogens is 1. The summed E-state index contributed by atoms with van der Waals surface area (Å²) in [5.74, 6) is -0.000574. The van der Waals surface area contributed by atoms with E-state index in [1.54, 1.807) is 0 Å². The van der Waals surface area contributed by atoms with E-state index in [2.05, 4.69) is 15.0 Å². The van der Waals surface area contributed by atoms with Gasteiger partial charge in [0.15, 0.2) is 6.10 Å². The molecule has 1 aromatic rings. The summed E-state index contributed by atoms with van der Waals surface area (Å²) in [5, 5.41) is 49.7. The van der Waals surface area contributed by atoms with E-state index in [0.29, 0.717) is 0 Å². The fraction of sp³-hybridized carbons (Fsp3) is 0.667. The smallest absolute Gasteiger partial charge is 0.284 e. The van der Waals surface area contributed by atoms with E-state index < -0.39 is 66.2 Å². The summed E-state index contributed by atoms with van der Waals surface area (Å²) >= 11 is 5.92. The van der Waals surface area contributed by atoms with Crippen molar-refractivity contribution in [3.05, 3.63) is 15.6 Å². The number of nitrogens with zero attached hydrogens (tertiary/aromatic N) is 3. The first kappa shape index (κ1) is 19.8. The van der Waals surface area contributed by atoms with Crippen molar-refractivity contribution in [1.29, 1.82) is 0 Å². The number of aliphatic hydroxyl groups excluding tert-OH is 5. The molecule has 4 heterocycles. The summed E-state index contributed by atoms with van der Waals surface area (Å²) in [6.07, 6.45) is -6.92. The highest BCUT2D eigenvalue weighted by atomic mass is 35.5. The van der Waals surface area contributed by atoms with Crippen LogP contribution in [0.4, 0.5) is 11.5 Å². The molecule has 3 aliphatic rings. The van der Waals surface area contributed by atoms with Crippen LogP contribution >= 0.6 is 11.6 Å². The first-order chi connectivity index (χ1) is 13.3. The Kier molecular flexibility index (Phi) is 5.02. The quantitative estimate of drug-likeness (QED) is 0.224. The summed E-state index contributed by atoms with van der Waals surface area (Å²) in [7, 11) is 0. The van der Waals surface area contributed by atoms with Gasteiger partial charge in [0.2, 0.25) is 29.8 Å². The zero-order valence-electron chi connectivity index (χ0n) is 14.4. The van der Waals surface area contributed by atoms with Crippen molar-refractivity contribution in [2.75, 3.05) is 13.2 Å². The molecule has 0 spiro atoms. The Balaban J connectivity index is 1.86. The molecular formula is C15H20ClN4O8+. The van der Waals surface area contributed by atoms with Crippen LogP contribution in [0.1, 0.15) is 6.42 Å². The van der Waals surface area contributed by atoms with Gasteiger partial charge < -0.3 is 35.0 Å². The molecule has 28 heavy (non-hydrogen) atoms. The van der Waals surface area contributed by atoms with Crippen LogP contribution in [0.5, 0.6) is 0 Å². The Bertz CT molecular complexity index is 852. The average molecular weight is 420 g/mol. The molecule has 6 N–H and O–H groups in total. The number of rotatable bonds is 4. The standard InChI is InChI=1S/C15H19ClN4O8/c16-15-18-12-9(13(26)19-15)17-4-20(12,8-1-5(23)6(2-21)27-8)14-11(25)10(24)7(3-22)28-14/h4-8,10-11,14,21-25H,1-3H2/p+1/t5-,6+,7+,8-,10+,11+,14+,20?/m0/s1. The van der Waals surface area contributed by atoms with E-state index in [1.165, 1.54) is 6.34 Å². The highest BCUT2D eigenvalue weighted by Gasteiger charge is 2.63. The molecule has 1 unspecified atom stereocenters. The van der Waals surface area contributed by atoms with Gasteiger partial charge in [0.1, 0.15) is 18.3 Å². The van der Waals surface area contributed by atoms with Crippen LogP contribution in [0, 0.1) is 0 Å². The molecular weight excluding hydrogens is 400 g/mol. The zero-order valence-corrected chi connectivity index (χ0v) is 15.2. The van der Waals surface area contributed by atoms with E-state index in [9.17, 15) is 30.3 Å². The predicted molar refractivity (Wildman–Crippen MR) is 93.9 cm³/mol. The second kappa shape index (κ2) is 7.09. The van der Waals surface area contributed by atoms with Crippen molar-refractivity contribution in [1.82, 2.24) is 14.5 Å². The number of hydrogen-bond acceptors (Lipinski definition) is 10. The Morgan fingerprint density at radius 3 is 2.50 bits per heavy atom. The third-order valence-corrected chi connectivity index (χ3v) is 5.57. The average Bonchev–Trinajstić information content (AvgIpc) is 3.31. The number of aromatic nitrogens is 2. The fourth-order valence-electron chi connectivity index (χ4n) is 3.96. The van der Waals surface area contributed by atoms with Gasteiger partial charge in [-0.3, -0.25) is 9.78 Å². The SMILES string of the molecule is O=c1[nH]c(Cl)nc2c1N=C[N+]2([C@@H]1C[C@H](O)[C@@H](CO)O1)[C@@H]1O[C@H](CO)[C@@H](O)[C@H]1O. The third-order valence-electron chi connectivity index (χ3n) is 5.39. The monoisotopic (exact) mass is 419 g/mol. The molecule has 2 saturated heterocycles. The molecule has 4 rings (SSSR count). The lowest BCUT2D eigenvalue weighted by atomic mass is 10.1. The molecule has 12 nitrogen and oxygen atoms in total. The minimum absolute atomic E-state index is 0.000574. The van der Waals surface area contributed by atoms with Crippen LogP contribution < -0.4 is 10.0 Å². The van der Waals surface area contributed by atoms with Gasteiger partial charge in [-0.05, 0) is 11.6 Å². The number of fused-ring (bicyclic) bond motifs is 1. The van der Waals surface area contributed by atoms with E-state index in [1.807, 2.05) is 0 Å². The third kappa shape index (κ3) is 2.73. The highest BCUT2D eigenvalue weighted by molar-refractivity contribution is 6.28. The Morgan fingerprint density at radius 2 is 1.89 bits per heavy atom. The van der Waals surface area contributed by atoms with E-state index in [0.717, 1.165) is 0 Å². The van der Waals surface area contributed by atoms with E-state index >= 15 is 0 Å². The van der Waals surface area contributed by atoms with Gasteiger partial charge in [-0.1, -0.05) is 0 Å². The van der Waals surface area contributed by atoms with E-state index in [-0.39, 0.29) is 23.2 Å². The summed E-state index contributed by atoms with van der Waals surface area (Å²) in [6.45, 7) is -1.02. The van der Waals surface area contributed by atoms with Gasteiger partial charge in [0, 0.05) is 0 Å². The molecule has 1 aromatic heterocycles. The number of ether oxygens (including phenoxy) is 2. The highest BCUT2D eigenvalue weighted by Crippen LogP contribution is 2.45. The minimum Gasteiger partial charge on any atom is -0.394 e. The number of hydrogen-bond donors (Lipinski definition) is 6. The van der Waals surface area contributed by atoms with Crippen LogP contribution in [-0.2, 0) is 9.47 Å². The van der Waals surface area contributed by atoms with Crippen LogP contribution in [0.3, 0.4) is 0 Å².